The van der Waals surface area contributed by atoms with Gasteiger partial charge in [-0.15, -0.1) is 0 Å². The van der Waals surface area contributed by atoms with Gasteiger partial charge in [0.2, 0.25) is 0 Å². The van der Waals surface area contributed by atoms with Crippen LogP contribution in [0.4, 0.5) is 4.39 Å². The SMILES string of the molecule is CN(Cc1nc2ccc(F)cc2[nH]1)C(=O)c1cnc2c(c1)ncn2C1CC1. The number of benzene rings is 1. The molecule has 5 rings (SSSR count). The number of rotatable bonds is 4. The molecule has 1 N–H and O–H groups in total. The van der Waals surface area contributed by atoms with Crippen LogP contribution in [0.1, 0.15) is 35.1 Å². The maximum atomic E-state index is 13.3. The predicted octanol–water partition coefficient (Wildman–Crippen LogP) is 3.05. The molecular weight excluding hydrogens is 347 g/mol. The summed E-state index contributed by atoms with van der Waals surface area (Å²) in [5.74, 6) is 0.0997. The summed E-state index contributed by atoms with van der Waals surface area (Å²) in [6.07, 6.45) is 5.69. The molecule has 8 heteroatoms. The van der Waals surface area contributed by atoms with E-state index in [1.54, 1.807) is 36.6 Å². The minimum Gasteiger partial charge on any atom is -0.340 e. The molecule has 1 fully saturated rings. The molecule has 3 aromatic heterocycles. The molecule has 1 aliphatic rings. The highest BCUT2D eigenvalue weighted by atomic mass is 19.1. The van der Waals surface area contributed by atoms with Crippen molar-refractivity contribution in [3.63, 3.8) is 0 Å². The number of imidazole rings is 2. The Balaban J connectivity index is 1.38. The number of carbonyl (C=O) groups excluding carboxylic acids is 1. The lowest BCUT2D eigenvalue weighted by atomic mass is 10.2. The van der Waals surface area contributed by atoms with Crippen LogP contribution in [0.3, 0.4) is 0 Å². The molecule has 0 aliphatic heterocycles. The van der Waals surface area contributed by atoms with Crippen LogP contribution in [-0.4, -0.2) is 42.4 Å². The van der Waals surface area contributed by atoms with E-state index >= 15 is 0 Å². The van der Waals surface area contributed by atoms with Gasteiger partial charge in [-0.1, -0.05) is 0 Å². The molecular formula is C19H17FN6O. The van der Waals surface area contributed by atoms with E-state index in [1.165, 1.54) is 12.1 Å². The average Bonchev–Trinajstić information content (AvgIpc) is 3.29. The van der Waals surface area contributed by atoms with Crippen molar-refractivity contribution in [3.05, 3.63) is 54.0 Å². The molecule has 4 aromatic rings. The van der Waals surface area contributed by atoms with Crippen molar-refractivity contribution in [2.45, 2.75) is 25.4 Å². The van der Waals surface area contributed by atoms with Gasteiger partial charge in [-0.3, -0.25) is 4.79 Å². The summed E-state index contributed by atoms with van der Waals surface area (Å²) in [6, 6.07) is 6.63. The van der Waals surface area contributed by atoms with Crippen LogP contribution in [0.5, 0.6) is 0 Å². The van der Waals surface area contributed by atoms with Crippen molar-refractivity contribution in [1.29, 1.82) is 0 Å². The number of carbonyl (C=O) groups is 1. The fourth-order valence-corrected chi connectivity index (χ4v) is 3.28. The highest BCUT2D eigenvalue weighted by Crippen LogP contribution is 2.36. The van der Waals surface area contributed by atoms with Gasteiger partial charge in [0.05, 0.1) is 29.5 Å². The van der Waals surface area contributed by atoms with Gasteiger partial charge in [0.15, 0.2) is 5.65 Å². The number of fused-ring (bicyclic) bond motifs is 2. The molecule has 0 unspecified atom stereocenters. The monoisotopic (exact) mass is 364 g/mol. The normalized spacial score (nSPS) is 14.1. The van der Waals surface area contributed by atoms with Crippen molar-refractivity contribution < 1.29 is 9.18 Å². The predicted molar refractivity (Wildman–Crippen MR) is 97.6 cm³/mol. The zero-order chi connectivity index (χ0) is 18.5. The number of nitrogens with zero attached hydrogens (tertiary/aromatic N) is 5. The molecule has 1 aliphatic carbocycles. The van der Waals surface area contributed by atoms with Crippen molar-refractivity contribution in [2.24, 2.45) is 0 Å². The van der Waals surface area contributed by atoms with Crippen LogP contribution in [0, 0.1) is 5.82 Å². The third-order valence-electron chi connectivity index (χ3n) is 4.83. The lowest BCUT2D eigenvalue weighted by Crippen LogP contribution is -2.26. The number of aromatic nitrogens is 5. The second kappa shape index (κ2) is 5.87. The van der Waals surface area contributed by atoms with Crippen LogP contribution in [0.2, 0.25) is 0 Å². The fraction of sp³-hybridized carbons (Fsp3) is 0.263. The van der Waals surface area contributed by atoms with Crippen molar-refractivity contribution in [2.75, 3.05) is 7.05 Å². The standard InChI is InChI=1S/C19H17FN6O/c1-25(9-17-23-14-5-2-12(20)7-15(14)24-17)19(27)11-6-16-18(21-8-11)26(10-22-16)13-3-4-13/h2,5-8,10,13H,3-4,9H2,1H3,(H,23,24). The van der Waals surface area contributed by atoms with E-state index in [1.807, 2.05) is 0 Å². The molecule has 7 nitrogen and oxygen atoms in total. The van der Waals surface area contributed by atoms with E-state index in [0.717, 1.165) is 24.0 Å². The van der Waals surface area contributed by atoms with Crippen molar-refractivity contribution in [1.82, 2.24) is 29.4 Å². The number of aromatic amines is 1. The summed E-state index contributed by atoms with van der Waals surface area (Å²) in [4.78, 5) is 30.6. The topological polar surface area (TPSA) is 79.7 Å². The third kappa shape index (κ3) is 2.83. The third-order valence-corrected chi connectivity index (χ3v) is 4.83. The number of pyridine rings is 1. The van der Waals surface area contributed by atoms with Crippen LogP contribution in [-0.2, 0) is 6.54 Å². The summed E-state index contributed by atoms with van der Waals surface area (Å²) in [7, 11) is 1.70. The number of hydrogen-bond acceptors (Lipinski definition) is 4. The van der Waals surface area contributed by atoms with Gasteiger partial charge >= 0.3 is 0 Å². The molecule has 0 radical (unpaired) electrons. The maximum absolute atomic E-state index is 13.3. The van der Waals surface area contributed by atoms with Gasteiger partial charge in [0, 0.05) is 19.3 Å². The van der Waals surface area contributed by atoms with E-state index in [2.05, 4.69) is 24.5 Å². The zero-order valence-corrected chi connectivity index (χ0v) is 14.7. The van der Waals surface area contributed by atoms with E-state index < -0.39 is 0 Å². The van der Waals surface area contributed by atoms with Crippen LogP contribution in [0.15, 0.2) is 36.8 Å². The Kier molecular flexibility index (Phi) is 3.46. The number of nitrogens with one attached hydrogen (secondary N) is 1. The number of halogens is 1. The second-order valence-corrected chi connectivity index (χ2v) is 6.96. The Morgan fingerprint density at radius 2 is 2.15 bits per heavy atom. The summed E-state index contributed by atoms with van der Waals surface area (Å²) < 4.78 is 15.4. The Hall–Kier alpha value is -3.29. The van der Waals surface area contributed by atoms with E-state index in [0.29, 0.717) is 28.5 Å². The van der Waals surface area contributed by atoms with E-state index in [-0.39, 0.29) is 18.3 Å². The molecule has 136 valence electrons. The Labute approximate surface area is 153 Å². The van der Waals surface area contributed by atoms with Gasteiger partial charge in [-0.2, -0.15) is 0 Å². The van der Waals surface area contributed by atoms with Gasteiger partial charge in [-0.05, 0) is 37.1 Å². The van der Waals surface area contributed by atoms with Crippen LogP contribution in [0.25, 0.3) is 22.2 Å². The fourth-order valence-electron chi connectivity index (χ4n) is 3.28. The molecule has 0 atom stereocenters. The van der Waals surface area contributed by atoms with Crippen molar-refractivity contribution >= 4 is 28.1 Å². The van der Waals surface area contributed by atoms with Gasteiger partial charge < -0.3 is 14.5 Å². The Morgan fingerprint density at radius 3 is 2.96 bits per heavy atom. The number of H-pyrrole nitrogens is 1. The molecule has 0 saturated heterocycles. The Bertz CT molecular complexity index is 1180. The first-order valence-electron chi connectivity index (χ1n) is 8.81. The van der Waals surface area contributed by atoms with Crippen LogP contribution >= 0.6 is 0 Å². The first-order chi connectivity index (χ1) is 13.1. The summed E-state index contributed by atoms with van der Waals surface area (Å²) in [5.41, 5.74) is 3.30. The Morgan fingerprint density at radius 1 is 1.30 bits per heavy atom. The quantitative estimate of drug-likeness (QED) is 0.604. The lowest BCUT2D eigenvalue weighted by molar-refractivity contribution is 0.0781. The summed E-state index contributed by atoms with van der Waals surface area (Å²) in [5, 5.41) is 0. The molecule has 1 amide bonds. The minimum absolute atomic E-state index is 0.169. The molecule has 1 aromatic carbocycles. The molecule has 0 spiro atoms. The molecule has 0 bridgehead atoms. The maximum Gasteiger partial charge on any atom is 0.255 e. The molecule has 27 heavy (non-hydrogen) atoms. The van der Waals surface area contributed by atoms with Crippen molar-refractivity contribution in [3.8, 4) is 0 Å². The lowest BCUT2D eigenvalue weighted by Gasteiger charge is -2.15. The zero-order valence-electron chi connectivity index (χ0n) is 14.7. The summed E-state index contributed by atoms with van der Waals surface area (Å²) >= 11 is 0. The first-order valence-corrected chi connectivity index (χ1v) is 8.81. The molecule has 1 saturated carbocycles. The van der Waals surface area contributed by atoms with E-state index in [9.17, 15) is 9.18 Å². The first kappa shape index (κ1) is 15.9. The average molecular weight is 364 g/mol. The van der Waals surface area contributed by atoms with Crippen LogP contribution < -0.4 is 0 Å². The highest BCUT2D eigenvalue weighted by molar-refractivity contribution is 5.96. The molecule has 3 heterocycles. The highest BCUT2D eigenvalue weighted by Gasteiger charge is 2.26. The second-order valence-electron chi connectivity index (χ2n) is 6.96. The largest absolute Gasteiger partial charge is 0.340 e. The van der Waals surface area contributed by atoms with Gasteiger partial charge in [-0.25, -0.2) is 19.3 Å². The van der Waals surface area contributed by atoms with Gasteiger partial charge in [0.1, 0.15) is 17.2 Å². The smallest absolute Gasteiger partial charge is 0.255 e. The number of amides is 1. The minimum atomic E-state index is -0.327. The van der Waals surface area contributed by atoms with E-state index in [4.69, 9.17) is 0 Å². The van der Waals surface area contributed by atoms with Gasteiger partial charge in [0.25, 0.3) is 5.91 Å². The number of hydrogen-bond donors (Lipinski definition) is 1. The summed E-state index contributed by atoms with van der Waals surface area (Å²) in [6.45, 7) is 0.281.